The number of aromatic nitrogens is 2. The van der Waals surface area contributed by atoms with Gasteiger partial charge in [-0.2, -0.15) is 18.3 Å². The maximum atomic E-state index is 12.7. The van der Waals surface area contributed by atoms with Crippen LogP contribution in [0.4, 0.5) is 17.6 Å². The van der Waals surface area contributed by atoms with E-state index in [4.69, 9.17) is 5.11 Å². The van der Waals surface area contributed by atoms with Crippen molar-refractivity contribution in [3.05, 3.63) is 53.1 Å². The highest BCUT2D eigenvalue weighted by Gasteiger charge is 2.35. The van der Waals surface area contributed by atoms with Crippen molar-refractivity contribution >= 4 is 5.97 Å². The lowest BCUT2D eigenvalue weighted by atomic mass is 10.2. The molecule has 0 aliphatic rings. The molecule has 4 nitrogen and oxygen atoms in total. The zero-order valence-corrected chi connectivity index (χ0v) is 9.86. The van der Waals surface area contributed by atoms with Crippen molar-refractivity contribution < 1.29 is 27.5 Å². The lowest BCUT2D eigenvalue weighted by Crippen LogP contribution is -2.12. The molecule has 8 heteroatoms. The van der Waals surface area contributed by atoms with E-state index in [-0.39, 0.29) is 6.54 Å². The van der Waals surface area contributed by atoms with Crippen molar-refractivity contribution in [2.24, 2.45) is 0 Å². The Morgan fingerprint density at radius 2 is 1.85 bits per heavy atom. The summed E-state index contributed by atoms with van der Waals surface area (Å²) in [5.74, 6) is -2.02. The zero-order valence-electron chi connectivity index (χ0n) is 9.86. The van der Waals surface area contributed by atoms with Gasteiger partial charge in [-0.05, 0) is 17.7 Å². The summed E-state index contributed by atoms with van der Waals surface area (Å²) >= 11 is 0. The molecular formula is C12H8F4N2O2. The third-order valence-electron chi connectivity index (χ3n) is 2.54. The Bertz CT molecular complexity index is 632. The molecule has 1 aromatic carbocycles. The Kier molecular flexibility index (Phi) is 3.47. The van der Waals surface area contributed by atoms with E-state index in [2.05, 4.69) is 5.10 Å². The minimum Gasteiger partial charge on any atom is -0.477 e. The minimum atomic E-state index is -4.72. The first-order valence-electron chi connectivity index (χ1n) is 5.40. The molecule has 20 heavy (non-hydrogen) atoms. The number of alkyl halides is 3. The van der Waals surface area contributed by atoms with Gasteiger partial charge in [-0.25, -0.2) is 9.18 Å². The molecule has 0 radical (unpaired) electrons. The van der Waals surface area contributed by atoms with Crippen LogP contribution in [0, 0.1) is 5.82 Å². The summed E-state index contributed by atoms with van der Waals surface area (Å²) in [5.41, 5.74) is -1.43. The predicted molar refractivity (Wildman–Crippen MR) is 59.7 cm³/mol. The van der Waals surface area contributed by atoms with E-state index < -0.39 is 29.4 Å². The summed E-state index contributed by atoms with van der Waals surface area (Å²) in [6.45, 7) is -0.196. The molecule has 2 rings (SSSR count). The van der Waals surface area contributed by atoms with Crippen molar-refractivity contribution in [2.45, 2.75) is 12.7 Å². The molecule has 0 fully saturated rings. The second-order valence-corrected chi connectivity index (χ2v) is 4.00. The molecule has 0 aliphatic heterocycles. The molecule has 2 aromatic rings. The van der Waals surface area contributed by atoms with Gasteiger partial charge in [0.05, 0.1) is 6.54 Å². The monoisotopic (exact) mass is 288 g/mol. The van der Waals surface area contributed by atoms with Crippen LogP contribution in [0.15, 0.2) is 30.3 Å². The summed E-state index contributed by atoms with van der Waals surface area (Å²) < 4.78 is 51.0. The zero-order chi connectivity index (χ0) is 14.9. The van der Waals surface area contributed by atoms with Crippen LogP contribution >= 0.6 is 0 Å². The van der Waals surface area contributed by atoms with E-state index in [0.29, 0.717) is 11.6 Å². The van der Waals surface area contributed by atoms with E-state index in [1.165, 1.54) is 12.1 Å². The maximum Gasteiger partial charge on any atom is 0.435 e. The number of carboxylic acid groups (broad SMARTS) is 1. The number of hydrogen-bond acceptors (Lipinski definition) is 2. The Hall–Kier alpha value is -2.38. The van der Waals surface area contributed by atoms with Crippen LogP contribution in [0.5, 0.6) is 0 Å². The standard InChI is InChI=1S/C12H8F4N2O2/c13-8-3-1-7(2-4-8)6-18-9(11(19)20)5-10(17-18)12(14,15)16/h1-5H,6H2,(H,19,20). The van der Waals surface area contributed by atoms with Crippen LogP contribution in [0.2, 0.25) is 0 Å². The number of benzene rings is 1. The van der Waals surface area contributed by atoms with Crippen LogP contribution in [0.25, 0.3) is 0 Å². The topological polar surface area (TPSA) is 55.1 Å². The molecule has 0 spiro atoms. The van der Waals surface area contributed by atoms with E-state index in [1.54, 1.807) is 0 Å². The molecule has 0 saturated heterocycles. The van der Waals surface area contributed by atoms with Crippen molar-refractivity contribution in [1.82, 2.24) is 9.78 Å². The van der Waals surface area contributed by atoms with Crippen LogP contribution in [-0.2, 0) is 12.7 Å². The van der Waals surface area contributed by atoms with Crippen LogP contribution in [0.3, 0.4) is 0 Å². The molecule has 1 heterocycles. The quantitative estimate of drug-likeness (QED) is 0.884. The van der Waals surface area contributed by atoms with E-state index in [9.17, 15) is 22.4 Å². The molecule has 0 saturated carbocycles. The van der Waals surface area contributed by atoms with Crippen LogP contribution in [-0.4, -0.2) is 20.9 Å². The second kappa shape index (κ2) is 4.95. The Balaban J connectivity index is 2.37. The summed E-state index contributed by atoms with van der Waals surface area (Å²) in [4.78, 5) is 10.9. The van der Waals surface area contributed by atoms with Crippen molar-refractivity contribution in [1.29, 1.82) is 0 Å². The molecule has 0 atom stereocenters. The van der Waals surface area contributed by atoms with E-state index in [1.807, 2.05) is 0 Å². The molecule has 0 bridgehead atoms. The van der Waals surface area contributed by atoms with Gasteiger partial charge in [0.15, 0.2) is 5.69 Å². The van der Waals surface area contributed by atoms with E-state index >= 15 is 0 Å². The van der Waals surface area contributed by atoms with Crippen molar-refractivity contribution in [3.63, 3.8) is 0 Å². The van der Waals surface area contributed by atoms with Gasteiger partial charge < -0.3 is 5.11 Å². The molecule has 1 N–H and O–H groups in total. The molecular weight excluding hydrogens is 280 g/mol. The SMILES string of the molecule is O=C(O)c1cc(C(F)(F)F)nn1Cc1ccc(F)cc1. The number of rotatable bonds is 3. The van der Waals surface area contributed by atoms with Gasteiger partial charge in [-0.15, -0.1) is 0 Å². The molecule has 0 unspecified atom stereocenters. The minimum absolute atomic E-state index is 0.196. The van der Waals surface area contributed by atoms with Crippen molar-refractivity contribution in [2.75, 3.05) is 0 Å². The molecule has 0 aliphatic carbocycles. The lowest BCUT2D eigenvalue weighted by molar-refractivity contribution is -0.141. The Morgan fingerprint density at radius 3 is 2.35 bits per heavy atom. The third-order valence-corrected chi connectivity index (χ3v) is 2.54. The van der Waals surface area contributed by atoms with Gasteiger partial charge in [0.2, 0.25) is 0 Å². The van der Waals surface area contributed by atoms with Gasteiger partial charge in [-0.3, -0.25) is 4.68 Å². The Labute approximate surface area is 110 Å². The fraction of sp³-hybridized carbons (Fsp3) is 0.167. The third kappa shape index (κ3) is 2.95. The number of carbonyl (C=O) groups is 1. The number of aromatic carboxylic acids is 1. The number of carboxylic acids is 1. The second-order valence-electron chi connectivity index (χ2n) is 4.00. The summed E-state index contributed by atoms with van der Waals surface area (Å²) in [6.07, 6.45) is -4.72. The molecule has 0 amide bonds. The lowest BCUT2D eigenvalue weighted by Gasteiger charge is -2.05. The van der Waals surface area contributed by atoms with Crippen LogP contribution in [0.1, 0.15) is 21.7 Å². The first-order valence-corrected chi connectivity index (χ1v) is 5.40. The summed E-state index contributed by atoms with van der Waals surface area (Å²) in [6, 6.07) is 5.41. The number of halogens is 4. The van der Waals surface area contributed by atoms with Crippen molar-refractivity contribution in [3.8, 4) is 0 Å². The van der Waals surface area contributed by atoms with E-state index in [0.717, 1.165) is 16.8 Å². The van der Waals surface area contributed by atoms with Gasteiger partial charge in [0.1, 0.15) is 11.5 Å². The summed E-state index contributed by atoms with van der Waals surface area (Å²) in [5, 5.41) is 12.1. The number of hydrogen-bond donors (Lipinski definition) is 1. The van der Waals surface area contributed by atoms with Gasteiger partial charge in [0, 0.05) is 6.07 Å². The average molecular weight is 288 g/mol. The average Bonchev–Trinajstić information content (AvgIpc) is 2.76. The fourth-order valence-corrected chi connectivity index (χ4v) is 1.61. The number of nitrogens with zero attached hydrogens (tertiary/aromatic N) is 2. The smallest absolute Gasteiger partial charge is 0.435 e. The predicted octanol–water partition coefficient (Wildman–Crippen LogP) is 2.79. The largest absolute Gasteiger partial charge is 0.477 e. The normalized spacial score (nSPS) is 11.6. The fourth-order valence-electron chi connectivity index (χ4n) is 1.61. The highest BCUT2D eigenvalue weighted by atomic mass is 19.4. The first-order chi connectivity index (χ1) is 9.27. The van der Waals surface area contributed by atoms with Gasteiger partial charge in [-0.1, -0.05) is 12.1 Å². The molecule has 1 aromatic heterocycles. The summed E-state index contributed by atoms with van der Waals surface area (Å²) in [7, 11) is 0. The Morgan fingerprint density at radius 1 is 1.25 bits per heavy atom. The van der Waals surface area contributed by atoms with Gasteiger partial charge >= 0.3 is 12.1 Å². The van der Waals surface area contributed by atoms with Crippen LogP contribution < -0.4 is 0 Å². The molecule has 106 valence electrons. The highest BCUT2D eigenvalue weighted by molar-refractivity contribution is 5.85. The van der Waals surface area contributed by atoms with Gasteiger partial charge in [0.25, 0.3) is 0 Å². The highest BCUT2D eigenvalue weighted by Crippen LogP contribution is 2.28. The first kappa shape index (κ1) is 14.0. The maximum absolute atomic E-state index is 12.7.